The van der Waals surface area contributed by atoms with Crippen molar-refractivity contribution in [2.75, 3.05) is 18.1 Å². The number of carbonyl (C=O) groups is 1. The SMILES string of the molecule is CCSCCOc1cccc2c1CCCC2=O. The van der Waals surface area contributed by atoms with E-state index in [1.807, 2.05) is 30.0 Å². The van der Waals surface area contributed by atoms with Crippen LogP contribution in [0.4, 0.5) is 0 Å². The van der Waals surface area contributed by atoms with Gasteiger partial charge in [0.1, 0.15) is 5.75 Å². The first-order valence-corrected chi connectivity index (χ1v) is 7.34. The van der Waals surface area contributed by atoms with Gasteiger partial charge < -0.3 is 4.74 Å². The molecule has 92 valence electrons. The molecule has 0 unspecified atom stereocenters. The summed E-state index contributed by atoms with van der Waals surface area (Å²) >= 11 is 1.87. The van der Waals surface area contributed by atoms with Crippen molar-refractivity contribution in [1.29, 1.82) is 0 Å². The fraction of sp³-hybridized carbons (Fsp3) is 0.500. The first-order valence-electron chi connectivity index (χ1n) is 6.18. The van der Waals surface area contributed by atoms with Crippen LogP contribution in [0.25, 0.3) is 0 Å². The average Bonchev–Trinajstić information content (AvgIpc) is 2.36. The molecule has 2 rings (SSSR count). The second-order valence-corrected chi connectivity index (χ2v) is 5.50. The quantitative estimate of drug-likeness (QED) is 0.750. The molecular weight excluding hydrogens is 232 g/mol. The summed E-state index contributed by atoms with van der Waals surface area (Å²) in [4.78, 5) is 11.8. The molecule has 1 aliphatic rings. The van der Waals surface area contributed by atoms with Gasteiger partial charge in [-0.25, -0.2) is 0 Å². The molecule has 0 amide bonds. The van der Waals surface area contributed by atoms with Crippen molar-refractivity contribution >= 4 is 17.5 Å². The predicted octanol–water partition coefficient (Wildman–Crippen LogP) is 3.34. The maximum atomic E-state index is 11.8. The Labute approximate surface area is 107 Å². The van der Waals surface area contributed by atoms with Gasteiger partial charge >= 0.3 is 0 Å². The van der Waals surface area contributed by atoms with Crippen LogP contribution in [0, 0.1) is 0 Å². The minimum Gasteiger partial charge on any atom is -0.492 e. The minimum atomic E-state index is 0.264. The number of Topliss-reactive ketones (excluding diaryl/α,β-unsaturated/α-hetero) is 1. The van der Waals surface area contributed by atoms with E-state index < -0.39 is 0 Å². The van der Waals surface area contributed by atoms with Gasteiger partial charge in [-0.15, -0.1) is 0 Å². The standard InChI is InChI=1S/C14H18O2S/c1-2-17-10-9-16-14-8-4-5-11-12(14)6-3-7-13(11)15/h4-5,8H,2-3,6-7,9-10H2,1H3. The molecule has 3 heteroatoms. The van der Waals surface area contributed by atoms with Crippen LogP contribution in [0.5, 0.6) is 5.75 Å². The highest BCUT2D eigenvalue weighted by Gasteiger charge is 2.19. The maximum absolute atomic E-state index is 11.8. The molecule has 1 aromatic carbocycles. The molecular formula is C14H18O2S. The lowest BCUT2D eigenvalue weighted by molar-refractivity contribution is 0.0971. The van der Waals surface area contributed by atoms with Gasteiger partial charge in [-0.2, -0.15) is 11.8 Å². The molecule has 1 aromatic rings. The monoisotopic (exact) mass is 250 g/mol. The lowest BCUT2D eigenvalue weighted by atomic mass is 9.90. The highest BCUT2D eigenvalue weighted by molar-refractivity contribution is 7.99. The molecule has 0 spiro atoms. The number of hydrogen-bond acceptors (Lipinski definition) is 3. The number of fused-ring (bicyclic) bond motifs is 1. The Morgan fingerprint density at radius 3 is 3.06 bits per heavy atom. The summed E-state index contributed by atoms with van der Waals surface area (Å²) in [7, 11) is 0. The van der Waals surface area contributed by atoms with Gasteiger partial charge in [-0.1, -0.05) is 19.1 Å². The number of rotatable bonds is 5. The lowest BCUT2D eigenvalue weighted by Crippen LogP contribution is -2.13. The Kier molecular flexibility index (Phi) is 4.49. The second-order valence-electron chi connectivity index (χ2n) is 4.10. The topological polar surface area (TPSA) is 26.3 Å². The third-order valence-electron chi connectivity index (χ3n) is 2.95. The van der Waals surface area contributed by atoms with Crippen LogP contribution in [0.1, 0.15) is 35.7 Å². The molecule has 0 bridgehead atoms. The molecule has 17 heavy (non-hydrogen) atoms. The van der Waals surface area contributed by atoms with Crippen molar-refractivity contribution in [3.8, 4) is 5.75 Å². The van der Waals surface area contributed by atoms with Crippen molar-refractivity contribution in [3.05, 3.63) is 29.3 Å². The summed E-state index contributed by atoms with van der Waals surface area (Å²) in [5.74, 6) is 3.30. The van der Waals surface area contributed by atoms with Gasteiger partial charge in [-0.05, 0) is 24.7 Å². The van der Waals surface area contributed by atoms with Crippen LogP contribution < -0.4 is 4.74 Å². The minimum absolute atomic E-state index is 0.264. The number of carbonyl (C=O) groups excluding carboxylic acids is 1. The highest BCUT2D eigenvalue weighted by Crippen LogP contribution is 2.29. The molecule has 0 saturated heterocycles. The summed E-state index contributed by atoms with van der Waals surface area (Å²) < 4.78 is 5.78. The first-order chi connectivity index (χ1) is 8.33. The van der Waals surface area contributed by atoms with Crippen molar-refractivity contribution in [2.45, 2.75) is 26.2 Å². The van der Waals surface area contributed by atoms with E-state index >= 15 is 0 Å². The van der Waals surface area contributed by atoms with Crippen LogP contribution in [0.3, 0.4) is 0 Å². The van der Waals surface area contributed by atoms with Gasteiger partial charge in [0.25, 0.3) is 0 Å². The molecule has 0 radical (unpaired) electrons. The van der Waals surface area contributed by atoms with Crippen molar-refractivity contribution in [1.82, 2.24) is 0 Å². The van der Waals surface area contributed by atoms with E-state index in [-0.39, 0.29) is 5.78 Å². The fourth-order valence-corrected chi connectivity index (χ4v) is 2.63. The van der Waals surface area contributed by atoms with Gasteiger partial charge in [0.15, 0.2) is 5.78 Å². The molecule has 1 aliphatic carbocycles. The largest absolute Gasteiger partial charge is 0.492 e. The second kappa shape index (κ2) is 6.10. The summed E-state index contributed by atoms with van der Waals surface area (Å²) in [5, 5.41) is 0. The van der Waals surface area contributed by atoms with Crippen LogP contribution in [-0.4, -0.2) is 23.9 Å². The summed E-state index contributed by atoms with van der Waals surface area (Å²) in [5.41, 5.74) is 1.99. The summed E-state index contributed by atoms with van der Waals surface area (Å²) in [6.45, 7) is 2.87. The molecule has 0 heterocycles. The van der Waals surface area contributed by atoms with E-state index in [1.54, 1.807) is 0 Å². The predicted molar refractivity (Wildman–Crippen MR) is 72.2 cm³/mol. The number of thioether (sulfide) groups is 1. The Balaban J connectivity index is 2.07. The van der Waals surface area contributed by atoms with Crippen LogP contribution in [0.15, 0.2) is 18.2 Å². The average molecular weight is 250 g/mol. The van der Waals surface area contributed by atoms with Crippen molar-refractivity contribution in [3.63, 3.8) is 0 Å². The summed E-state index contributed by atoms with van der Waals surface area (Å²) in [6.07, 6.45) is 2.61. The molecule has 0 aliphatic heterocycles. The van der Waals surface area contributed by atoms with E-state index in [4.69, 9.17) is 4.74 Å². The van der Waals surface area contributed by atoms with Gasteiger partial charge in [0, 0.05) is 23.3 Å². The Bertz CT molecular complexity index is 401. The number of hydrogen-bond donors (Lipinski definition) is 0. The Morgan fingerprint density at radius 2 is 2.24 bits per heavy atom. The molecule has 2 nitrogen and oxygen atoms in total. The maximum Gasteiger partial charge on any atom is 0.163 e. The van der Waals surface area contributed by atoms with Crippen LogP contribution in [0.2, 0.25) is 0 Å². The zero-order valence-corrected chi connectivity index (χ0v) is 11.0. The van der Waals surface area contributed by atoms with Gasteiger partial charge in [0.2, 0.25) is 0 Å². The number of benzene rings is 1. The third kappa shape index (κ3) is 3.03. The lowest BCUT2D eigenvalue weighted by Gasteiger charge is -2.18. The zero-order chi connectivity index (χ0) is 12.1. The molecule has 0 saturated carbocycles. The first kappa shape index (κ1) is 12.5. The Hall–Kier alpha value is -0.960. The highest BCUT2D eigenvalue weighted by atomic mass is 32.2. The van der Waals surface area contributed by atoms with Gasteiger partial charge in [-0.3, -0.25) is 4.79 Å². The van der Waals surface area contributed by atoms with E-state index in [0.717, 1.165) is 47.8 Å². The normalized spacial score (nSPS) is 14.5. The third-order valence-corrected chi connectivity index (χ3v) is 3.82. The van der Waals surface area contributed by atoms with Gasteiger partial charge in [0.05, 0.1) is 6.61 Å². The van der Waals surface area contributed by atoms with Crippen molar-refractivity contribution < 1.29 is 9.53 Å². The number of ether oxygens (including phenoxy) is 1. The smallest absolute Gasteiger partial charge is 0.163 e. The van der Waals surface area contributed by atoms with Crippen LogP contribution >= 0.6 is 11.8 Å². The van der Waals surface area contributed by atoms with Crippen molar-refractivity contribution in [2.24, 2.45) is 0 Å². The van der Waals surface area contributed by atoms with E-state index in [0.29, 0.717) is 6.42 Å². The zero-order valence-electron chi connectivity index (χ0n) is 10.2. The van der Waals surface area contributed by atoms with E-state index in [1.165, 1.54) is 0 Å². The molecule has 0 aromatic heterocycles. The van der Waals surface area contributed by atoms with E-state index in [9.17, 15) is 4.79 Å². The molecule has 0 N–H and O–H groups in total. The molecule has 0 atom stereocenters. The van der Waals surface area contributed by atoms with Crippen LogP contribution in [-0.2, 0) is 6.42 Å². The number of ketones is 1. The Morgan fingerprint density at radius 1 is 1.35 bits per heavy atom. The fourth-order valence-electron chi connectivity index (χ4n) is 2.14. The van der Waals surface area contributed by atoms with E-state index in [2.05, 4.69) is 6.92 Å². The molecule has 0 fully saturated rings. The summed E-state index contributed by atoms with van der Waals surface area (Å²) in [6, 6.07) is 5.82.